The molecule has 0 bridgehead atoms. The number of carboxylic acids is 1. The highest BCUT2D eigenvalue weighted by atomic mass is 16.4. The topological polar surface area (TPSA) is 137 Å². The lowest BCUT2D eigenvalue weighted by Crippen LogP contribution is -2.45. The van der Waals surface area contributed by atoms with Gasteiger partial charge in [0.05, 0.1) is 13.1 Å². The first-order valence-electron chi connectivity index (χ1n) is 13.2. The quantitative estimate of drug-likeness (QED) is 0.140. The van der Waals surface area contributed by atoms with Gasteiger partial charge in [0.25, 0.3) is 0 Å². The van der Waals surface area contributed by atoms with Crippen LogP contribution >= 0.6 is 0 Å². The lowest BCUT2D eigenvalue weighted by atomic mass is 10.0. The number of amides is 4. The molecule has 9 nitrogen and oxygen atoms in total. The van der Waals surface area contributed by atoms with Gasteiger partial charge in [-0.25, -0.2) is 4.79 Å². The van der Waals surface area contributed by atoms with E-state index in [1.54, 1.807) is 0 Å². The molecule has 0 aliphatic rings. The number of urea groups is 1. The Morgan fingerprint density at radius 3 is 1.32 bits per heavy atom. The molecule has 0 aromatic carbocycles. The molecule has 0 aliphatic heterocycles. The summed E-state index contributed by atoms with van der Waals surface area (Å²) in [5.41, 5.74) is 0. The van der Waals surface area contributed by atoms with Crippen molar-refractivity contribution in [3.63, 3.8) is 0 Å². The average Bonchev–Trinajstić information content (AvgIpc) is 2.81. The van der Waals surface area contributed by atoms with Crippen molar-refractivity contribution in [3.8, 4) is 0 Å². The first-order valence-corrected chi connectivity index (χ1v) is 13.2. The predicted octanol–water partition coefficient (Wildman–Crippen LogP) is 3.86. The van der Waals surface area contributed by atoms with Gasteiger partial charge in [0.15, 0.2) is 0 Å². The van der Waals surface area contributed by atoms with Gasteiger partial charge in [-0.1, -0.05) is 103 Å². The number of unbranched alkanes of at least 4 members (excludes halogenated alkanes) is 15. The standard InChI is InChI=1S/C25H48N4O5/c1-2-3-4-5-6-7-8-9-10-11-12-13-14-15-16-17-18-26-25(34)29-20-23(31)27-19-22(30)28-21-24(32)33/h2-21H2,1H3,(H,27,31)(H,28,30)(H,32,33)(H2,26,29,34). The molecule has 0 aromatic rings. The normalized spacial score (nSPS) is 10.5. The molecule has 0 aromatic heterocycles. The second-order valence-corrected chi connectivity index (χ2v) is 8.86. The molecule has 0 saturated heterocycles. The zero-order valence-electron chi connectivity index (χ0n) is 21.2. The lowest BCUT2D eigenvalue weighted by molar-refractivity contribution is -0.137. The zero-order chi connectivity index (χ0) is 25.3. The fourth-order valence-corrected chi connectivity index (χ4v) is 3.58. The van der Waals surface area contributed by atoms with Gasteiger partial charge in [0, 0.05) is 6.54 Å². The number of aliphatic carboxylic acids is 1. The number of carbonyl (C=O) groups is 4. The van der Waals surface area contributed by atoms with E-state index >= 15 is 0 Å². The minimum Gasteiger partial charge on any atom is -0.480 e. The minimum absolute atomic E-state index is 0.253. The molecule has 0 aliphatic carbocycles. The zero-order valence-corrected chi connectivity index (χ0v) is 21.2. The summed E-state index contributed by atoms with van der Waals surface area (Å²) in [5.74, 6) is -2.30. The first-order chi connectivity index (χ1) is 16.5. The Balaban J connectivity index is 3.35. The average molecular weight is 485 g/mol. The van der Waals surface area contributed by atoms with Gasteiger partial charge in [0.1, 0.15) is 6.54 Å². The van der Waals surface area contributed by atoms with Crippen molar-refractivity contribution in [3.05, 3.63) is 0 Å². The fourth-order valence-electron chi connectivity index (χ4n) is 3.58. The third-order valence-electron chi connectivity index (χ3n) is 5.61. The second kappa shape index (κ2) is 23.8. The fraction of sp³-hybridized carbons (Fsp3) is 0.840. The molecule has 4 amide bonds. The van der Waals surface area contributed by atoms with E-state index in [0.717, 1.165) is 12.8 Å². The maximum Gasteiger partial charge on any atom is 0.322 e. The van der Waals surface area contributed by atoms with Gasteiger partial charge in [-0.2, -0.15) is 0 Å². The van der Waals surface area contributed by atoms with Crippen molar-refractivity contribution < 1.29 is 24.3 Å². The molecular weight excluding hydrogens is 436 g/mol. The van der Waals surface area contributed by atoms with E-state index in [4.69, 9.17) is 5.11 Å². The summed E-state index contributed by atoms with van der Waals surface area (Å²) in [6, 6.07) is -0.425. The Labute approximate surface area is 205 Å². The molecular formula is C25H48N4O5. The number of hydrogen-bond donors (Lipinski definition) is 5. The monoisotopic (exact) mass is 484 g/mol. The second-order valence-electron chi connectivity index (χ2n) is 8.86. The molecule has 9 heteroatoms. The van der Waals surface area contributed by atoms with Gasteiger partial charge in [-0.15, -0.1) is 0 Å². The molecule has 0 heterocycles. The summed E-state index contributed by atoms with van der Waals surface area (Å²) < 4.78 is 0. The van der Waals surface area contributed by atoms with Crippen molar-refractivity contribution in [2.45, 2.75) is 110 Å². The molecule has 0 radical (unpaired) electrons. The largest absolute Gasteiger partial charge is 0.480 e. The summed E-state index contributed by atoms with van der Waals surface area (Å²) in [5, 5.41) is 18.0. The first kappa shape index (κ1) is 31.7. The molecule has 5 N–H and O–H groups in total. The van der Waals surface area contributed by atoms with E-state index in [9.17, 15) is 19.2 Å². The Morgan fingerprint density at radius 2 is 0.882 bits per heavy atom. The molecule has 0 unspecified atom stereocenters. The van der Waals surface area contributed by atoms with Crippen molar-refractivity contribution >= 4 is 23.8 Å². The molecule has 0 saturated carbocycles. The predicted molar refractivity (Wildman–Crippen MR) is 135 cm³/mol. The summed E-state index contributed by atoms with van der Waals surface area (Å²) >= 11 is 0. The van der Waals surface area contributed by atoms with Crippen LogP contribution < -0.4 is 21.3 Å². The van der Waals surface area contributed by atoms with Crippen molar-refractivity contribution in [1.29, 1.82) is 0 Å². The van der Waals surface area contributed by atoms with E-state index in [-0.39, 0.29) is 13.1 Å². The van der Waals surface area contributed by atoms with Crippen LogP contribution in [0.5, 0.6) is 0 Å². The van der Waals surface area contributed by atoms with Crippen LogP contribution in [0, 0.1) is 0 Å². The summed E-state index contributed by atoms with van der Waals surface area (Å²) in [6.45, 7) is 1.72. The Kier molecular flexibility index (Phi) is 22.2. The van der Waals surface area contributed by atoms with Crippen LogP contribution in [0.25, 0.3) is 0 Å². The molecule has 0 atom stereocenters. The number of carbonyl (C=O) groups excluding carboxylic acids is 3. The number of hydrogen-bond acceptors (Lipinski definition) is 4. The van der Waals surface area contributed by atoms with E-state index in [1.807, 2.05) is 0 Å². The minimum atomic E-state index is -1.16. The van der Waals surface area contributed by atoms with Crippen LogP contribution in [0.1, 0.15) is 110 Å². The Morgan fingerprint density at radius 1 is 0.500 bits per heavy atom. The summed E-state index contributed by atoms with van der Waals surface area (Å²) in [4.78, 5) is 44.9. The summed E-state index contributed by atoms with van der Waals surface area (Å²) in [7, 11) is 0. The summed E-state index contributed by atoms with van der Waals surface area (Å²) in [6.07, 6.45) is 20.8. The molecule has 0 spiro atoms. The highest BCUT2D eigenvalue weighted by molar-refractivity contribution is 5.88. The van der Waals surface area contributed by atoms with Gasteiger partial charge < -0.3 is 26.4 Å². The molecule has 198 valence electrons. The van der Waals surface area contributed by atoms with Gasteiger partial charge in [-0.3, -0.25) is 14.4 Å². The highest BCUT2D eigenvalue weighted by Crippen LogP contribution is 2.13. The van der Waals surface area contributed by atoms with Crippen LogP contribution in [0.4, 0.5) is 4.79 Å². The van der Waals surface area contributed by atoms with Crippen LogP contribution in [0.3, 0.4) is 0 Å². The number of carboxylic acid groups (broad SMARTS) is 1. The SMILES string of the molecule is CCCCCCCCCCCCCCCCCCNC(=O)NCC(=O)NCC(=O)NCC(=O)O. The number of rotatable bonds is 23. The third kappa shape index (κ3) is 24.3. The molecule has 34 heavy (non-hydrogen) atoms. The van der Waals surface area contributed by atoms with Crippen LogP contribution in [0.15, 0.2) is 0 Å². The van der Waals surface area contributed by atoms with Crippen molar-refractivity contribution in [2.75, 3.05) is 26.2 Å². The van der Waals surface area contributed by atoms with E-state index in [2.05, 4.69) is 28.2 Å². The maximum absolute atomic E-state index is 11.7. The smallest absolute Gasteiger partial charge is 0.322 e. The molecule has 0 fully saturated rings. The maximum atomic E-state index is 11.7. The highest BCUT2D eigenvalue weighted by Gasteiger charge is 2.08. The van der Waals surface area contributed by atoms with E-state index in [0.29, 0.717) is 6.54 Å². The van der Waals surface area contributed by atoms with E-state index < -0.39 is 30.4 Å². The van der Waals surface area contributed by atoms with Gasteiger partial charge in [0.2, 0.25) is 11.8 Å². The van der Waals surface area contributed by atoms with Crippen molar-refractivity contribution in [2.24, 2.45) is 0 Å². The third-order valence-corrected chi connectivity index (χ3v) is 5.61. The van der Waals surface area contributed by atoms with Crippen LogP contribution in [-0.4, -0.2) is 55.1 Å². The lowest BCUT2D eigenvalue weighted by Gasteiger charge is -2.08. The Bertz CT molecular complexity index is 557. The van der Waals surface area contributed by atoms with Gasteiger partial charge >= 0.3 is 12.0 Å². The van der Waals surface area contributed by atoms with Crippen molar-refractivity contribution in [1.82, 2.24) is 21.3 Å². The number of nitrogens with one attached hydrogen (secondary N) is 4. The van der Waals surface area contributed by atoms with E-state index in [1.165, 1.54) is 89.9 Å². The van der Waals surface area contributed by atoms with Crippen LogP contribution in [-0.2, 0) is 14.4 Å². The van der Waals surface area contributed by atoms with Crippen LogP contribution in [0.2, 0.25) is 0 Å². The Hall–Kier alpha value is -2.32. The molecule has 0 rings (SSSR count). The van der Waals surface area contributed by atoms with Gasteiger partial charge in [-0.05, 0) is 6.42 Å².